The Kier molecular flexibility index (Phi) is 3.20. The maximum absolute atomic E-state index is 6.05. The number of benzene rings is 2. The second-order valence-electron chi connectivity index (χ2n) is 4.69. The molecule has 0 aliphatic carbocycles. The molecule has 1 aromatic heterocycles. The predicted molar refractivity (Wildman–Crippen MR) is 85.6 cm³/mol. The zero-order valence-corrected chi connectivity index (χ0v) is 11.8. The third-order valence-electron chi connectivity index (χ3n) is 3.27. The molecule has 3 nitrogen and oxygen atoms in total. The van der Waals surface area contributed by atoms with Crippen molar-refractivity contribution in [3.63, 3.8) is 0 Å². The second-order valence-corrected chi connectivity index (χ2v) is 5.12. The molecule has 2 aromatic carbocycles. The van der Waals surface area contributed by atoms with E-state index in [-0.39, 0.29) is 0 Å². The quantitative estimate of drug-likeness (QED) is 0.680. The first-order chi connectivity index (χ1) is 9.65. The summed E-state index contributed by atoms with van der Waals surface area (Å²) < 4.78 is 0. The number of pyridine rings is 1. The fourth-order valence-electron chi connectivity index (χ4n) is 2.18. The highest BCUT2D eigenvalue weighted by atomic mass is 35.5. The van der Waals surface area contributed by atoms with Gasteiger partial charge < -0.3 is 11.1 Å². The van der Waals surface area contributed by atoms with Gasteiger partial charge in [-0.15, -0.1) is 0 Å². The minimum Gasteiger partial charge on any atom is -0.397 e. The van der Waals surface area contributed by atoms with Gasteiger partial charge in [0.1, 0.15) is 0 Å². The van der Waals surface area contributed by atoms with Crippen molar-refractivity contribution in [2.45, 2.75) is 6.92 Å². The summed E-state index contributed by atoms with van der Waals surface area (Å²) in [5.74, 6) is 0. The number of nitrogens with one attached hydrogen (secondary N) is 1. The number of aryl methyl sites for hydroxylation is 1. The molecule has 3 rings (SSSR count). The van der Waals surface area contributed by atoms with E-state index in [2.05, 4.69) is 10.3 Å². The Morgan fingerprint density at radius 3 is 2.80 bits per heavy atom. The topological polar surface area (TPSA) is 50.9 Å². The SMILES string of the molecule is Cc1ccc(Cl)cc1Nc1ccc(N)c2ncccc12. The van der Waals surface area contributed by atoms with Crippen molar-refractivity contribution >= 4 is 39.6 Å². The summed E-state index contributed by atoms with van der Waals surface area (Å²) in [5.41, 5.74) is 10.5. The van der Waals surface area contributed by atoms with Crippen LogP contribution in [0.3, 0.4) is 0 Å². The molecule has 0 aliphatic heterocycles. The Morgan fingerprint density at radius 1 is 1.10 bits per heavy atom. The highest BCUT2D eigenvalue weighted by Gasteiger charge is 2.06. The number of hydrogen-bond acceptors (Lipinski definition) is 3. The van der Waals surface area contributed by atoms with Crippen LogP contribution >= 0.6 is 11.6 Å². The number of aromatic nitrogens is 1. The van der Waals surface area contributed by atoms with Crippen LogP contribution in [0.15, 0.2) is 48.7 Å². The molecule has 0 amide bonds. The Balaban J connectivity index is 2.11. The maximum atomic E-state index is 6.05. The normalized spacial score (nSPS) is 10.7. The van der Waals surface area contributed by atoms with Crippen LogP contribution in [0.25, 0.3) is 10.9 Å². The van der Waals surface area contributed by atoms with Crippen LogP contribution in [0.5, 0.6) is 0 Å². The summed E-state index contributed by atoms with van der Waals surface area (Å²) in [6.45, 7) is 2.04. The summed E-state index contributed by atoms with van der Waals surface area (Å²) in [5, 5.41) is 5.10. The predicted octanol–water partition coefficient (Wildman–Crippen LogP) is 4.52. The van der Waals surface area contributed by atoms with Crippen LogP contribution in [0.4, 0.5) is 17.1 Å². The number of anilines is 3. The molecule has 3 N–H and O–H groups in total. The smallest absolute Gasteiger partial charge is 0.0951 e. The summed E-state index contributed by atoms with van der Waals surface area (Å²) in [7, 11) is 0. The minimum absolute atomic E-state index is 0.675. The lowest BCUT2D eigenvalue weighted by Gasteiger charge is -2.13. The average molecular weight is 284 g/mol. The lowest BCUT2D eigenvalue weighted by atomic mass is 10.1. The first kappa shape index (κ1) is 12.8. The van der Waals surface area contributed by atoms with Crippen molar-refractivity contribution in [1.29, 1.82) is 0 Å². The molecule has 0 aliphatic rings. The van der Waals surface area contributed by atoms with Gasteiger partial charge in [-0.25, -0.2) is 0 Å². The number of nitrogens with zero attached hydrogens (tertiary/aromatic N) is 1. The molecule has 0 saturated carbocycles. The first-order valence-corrected chi connectivity index (χ1v) is 6.69. The number of halogens is 1. The first-order valence-electron chi connectivity index (χ1n) is 6.31. The van der Waals surface area contributed by atoms with Crippen LogP contribution in [-0.4, -0.2) is 4.98 Å². The number of fused-ring (bicyclic) bond motifs is 1. The van der Waals surface area contributed by atoms with Crippen LogP contribution in [0.2, 0.25) is 5.02 Å². The van der Waals surface area contributed by atoms with E-state index in [1.165, 1.54) is 0 Å². The molecule has 0 saturated heterocycles. The molecule has 20 heavy (non-hydrogen) atoms. The second kappa shape index (κ2) is 5.02. The van der Waals surface area contributed by atoms with Crippen LogP contribution in [0.1, 0.15) is 5.56 Å². The van der Waals surface area contributed by atoms with Gasteiger partial charge in [0.25, 0.3) is 0 Å². The molecule has 1 heterocycles. The highest BCUT2D eigenvalue weighted by molar-refractivity contribution is 6.30. The van der Waals surface area contributed by atoms with Gasteiger partial charge in [0.2, 0.25) is 0 Å². The van der Waals surface area contributed by atoms with Crippen molar-refractivity contribution in [2.75, 3.05) is 11.1 Å². The van der Waals surface area contributed by atoms with E-state index in [4.69, 9.17) is 17.3 Å². The minimum atomic E-state index is 0.675. The number of nitrogen functional groups attached to an aromatic ring is 1. The van der Waals surface area contributed by atoms with Gasteiger partial charge in [-0.2, -0.15) is 0 Å². The monoisotopic (exact) mass is 283 g/mol. The van der Waals surface area contributed by atoms with Gasteiger partial charge in [-0.1, -0.05) is 17.7 Å². The van der Waals surface area contributed by atoms with Crippen molar-refractivity contribution in [3.8, 4) is 0 Å². The average Bonchev–Trinajstić information content (AvgIpc) is 2.46. The van der Waals surface area contributed by atoms with Crippen molar-refractivity contribution in [3.05, 3.63) is 59.2 Å². The zero-order chi connectivity index (χ0) is 14.1. The third kappa shape index (κ3) is 2.28. The molecule has 100 valence electrons. The summed E-state index contributed by atoms with van der Waals surface area (Å²) in [6, 6.07) is 13.5. The molecule has 4 heteroatoms. The molecule has 0 bridgehead atoms. The van der Waals surface area contributed by atoms with E-state index in [0.29, 0.717) is 10.7 Å². The maximum Gasteiger partial charge on any atom is 0.0951 e. The van der Waals surface area contributed by atoms with Gasteiger partial charge in [0.15, 0.2) is 0 Å². The number of rotatable bonds is 2. The van der Waals surface area contributed by atoms with E-state index in [0.717, 1.165) is 27.8 Å². The van der Waals surface area contributed by atoms with Gasteiger partial charge in [-0.3, -0.25) is 4.98 Å². The summed E-state index contributed by atoms with van der Waals surface area (Å²) in [6.07, 6.45) is 1.74. The van der Waals surface area contributed by atoms with Crippen LogP contribution in [0, 0.1) is 6.92 Å². The fraction of sp³-hybridized carbons (Fsp3) is 0.0625. The summed E-state index contributed by atoms with van der Waals surface area (Å²) in [4.78, 5) is 4.33. The third-order valence-corrected chi connectivity index (χ3v) is 3.50. The summed E-state index contributed by atoms with van der Waals surface area (Å²) >= 11 is 6.05. The number of hydrogen-bond donors (Lipinski definition) is 2. The van der Waals surface area contributed by atoms with E-state index >= 15 is 0 Å². The van der Waals surface area contributed by atoms with Gasteiger partial charge in [0, 0.05) is 28.0 Å². The largest absolute Gasteiger partial charge is 0.397 e. The van der Waals surface area contributed by atoms with Crippen LogP contribution in [-0.2, 0) is 0 Å². The molecule has 0 unspecified atom stereocenters. The van der Waals surface area contributed by atoms with E-state index in [1.807, 2.05) is 49.4 Å². The van der Waals surface area contributed by atoms with E-state index < -0.39 is 0 Å². The Bertz CT molecular complexity index is 784. The van der Waals surface area contributed by atoms with Crippen molar-refractivity contribution in [1.82, 2.24) is 4.98 Å². The lowest BCUT2D eigenvalue weighted by Crippen LogP contribution is -1.97. The molecular weight excluding hydrogens is 270 g/mol. The van der Waals surface area contributed by atoms with Crippen molar-refractivity contribution in [2.24, 2.45) is 0 Å². The number of nitrogens with two attached hydrogens (primary N) is 1. The highest BCUT2D eigenvalue weighted by Crippen LogP contribution is 2.30. The van der Waals surface area contributed by atoms with Crippen molar-refractivity contribution < 1.29 is 0 Å². The lowest BCUT2D eigenvalue weighted by molar-refractivity contribution is 1.40. The fourth-order valence-corrected chi connectivity index (χ4v) is 2.35. The molecule has 3 aromatic rings. The van der Waals surface area contributed by atoms with Gasteiger partial charge in [-0.05, 0) is 48.9 Å². The Hall–Kier alpha value is -2.26. The molecule has 0 fully saturated rings. The van der Waals surface area contributed by atoms with E-state index in [9.17, 15) is 0 Å². The van der Waals surface area contributed by atoms with Crippen LogP contribution < -0.4 is 11.1 Å². The van der Waals surface area contributed by atoms with Gasteiger partial charge in [0.05, 0.1) is 11.2 Å². The Morgan fingerprint density at radius 2 is 1.95 bits per heavy atom. The zero-order valence-electron chi connectivity index (χ0n) is 11.0. The molecule has 0 radical (unpaired) electrons. The molecule has 0 spiro atoms. The molecular formula is C16H14ClN3. The van der Waals surface area contributed by atoms with E-state index in [1.54, 1.807) is 6.20 Å². The molecule has 0 atom stereocenters. The Labute approximate surface area is 122 Å². The van der Waals surface area contributed by atoms with Gasteiger partial charge >= 0.3 is 0 Å². The standard InChI is InChI=1S/C16H14ClN3/c1-10-4-5-11(17)9-15(10)20-14-7-6-13(18)16-12(14)3-2-8-19-16/h2-9,20H,18H2,1H3.